The van der Waals surface area contributed by atoms with Crippen LogP contribution in [0.2, 0.25) is 0 Å². The van der Waals surface area contributed by atoms with E-state index in [9.17, 15) is 14.0 Å². The molecule has 5 nitrogen and oxygen atoms in total. The third-order valence-corrected chi connectivity index (χ3v) is 7.55. The number of piperidine rings is 1. The van der Waals surface area contributed by atoms with Crippen LogP contribution in [-0.4, -0.2) is 42.4 Å². The van der Waals surface area contributed by atoms with Crippen molar-refractivity contribution < 1.29 is 14.0 Å². The molecule has 2 fully saturated rings. The van der Waals surface area contributed by atoms with Crippen LogP contribution < -0.4 is 10.6 Å². The Labute approximate surface area is 193 Å². The Bertz CT molecular complexity index is 873. The molecule has 1 aliphatic carbocycles. The summed E-state index contributed by atoms with van der Waals surface area (Å²) in [5, 5.41) is 8.35. The van der Waals surface area contributed by atoms with Crippen molar-refractivity contribution in [3.05, 3.63) is 58.0 Å². The predicted octanol–water partition coefficient (Wildman–Crippen LogP) is 4.25. The lowest BCUT2D eigenvalue weighted by atomic mass is 9.88. The molecule has 2 heterocycles. The third kappa shape index (κ3) is 6.17. The lowest BCUT2D eigenvalue weighted by Gasteiger charge is -2.33. The maximum Gasteiger partial charge on any atom is 0.234 e. The van der Waals surface area contributed by atoms with Crippen molar-refractivity contribution >= 4 is 23.2 Å². The maximum atomic E-state index is 13.4. The van der Waals surface area contributed by atoms with E-state index in [1.165, 1.54) is 18.6 Å². The SMILES string of the molecule is O=C(CN1CCC(NC(=O)C2CCCCC2)CC1)NC(c1ccc(F)cc1)c1cccs1. The number of hydrogen-bond donors (Lipinski definition) is 2. The second-order valence-electron chi connectivity index (χ2n) is 8.96. The Hall–Kier alpha value is -2.25. The van der Waals surface area contributed by atoms with Gasteiger partial charge in [0, 0.05) is 29.9 Å². The zero-order valence-electron chi connectivity index (χ0n) is 18.4. The van der Waals surface area contributed by atoms with Gasteiger partial charge in [-0.05, 0) is 54.8 Å². The molecule has 1 saturated carbocycles. The topological polar surface area (TPSA) is 61.4 Å². The summed E-state index contributed by atoms with van der Waals surface area (Å²) in [6.45, 7) is 1.92. The van der Waals surface area contributed by atoms with Crippen molar-refractivity contribution in [2.24, 2.45) is 5.92 Å². The summed E-state index contributed by atoms with van der Waals surface area (Å²) in [6.07, 6.45) is 7.36. The first-order chi connectivity index (χ1) is 15.6. The molecule has 1 atom stereocenters. The van der Waals surface area contributed by atoms with E-state index in [0.29, 0.717) is 6.54 Å². The number of benzene rings is 1. The average molecular weight is 458 g/mol. The number of halogens is 1. The minimum absolute atomic E-state index is 0.0441. The highest BCUT2D eigenvalue weighted by Gasteiger charge is 2.27. The van der Waals surface area contributed by atoms with Crippen molar-refractivity contribution in [3.63, 3.8) is 0 Å². The van der Waals surface area contributed by atoms with E-state index in [1.807, 2.05) is 17.5 Å². The summed E-state index contributed by atoms with van der Waals surface area (Å²) in [6, 6.07) is 10.2. The summed E-state index contributed by atoms with van der Waals surface area (Å²) < 4.78 is 13.4. The molecule has 1 aromatic heterocycles. The molecule has 0 spiro atoms. The number of nitrogens with zero attached hydrogens (tertiary/aromatic N) is 1. The van der Waals surface area contributed by atoms with Crippen LogP contribution in [0.1, 0.15) is 61.4 Å². The second kappa shape index (κ2) is 11.1. The zero-order valence-corrected chi connectivity index (χ0v) is 19.2. The van der Waals surface area contributed by atoms with E-state index in [-0.39, 0.29) is 35.6 Å². The quantitative estimate of drug-likeness (QED) is 0.653. The Kier molecular flexibility index (Phi) is 7.92. The van der Waals surface area contributed by atoms with Crippen molar-refractivity contribution in [2.75, 3.05) is 19.6 Å². The van der Waals surface area contributed by atoms with Crippen LogP contribution in [0.4, 0.5) is 4.39 Å². The predicted molar refractivity (Wildman–Crippen MR) is 125 cm³/mol. The number of carbonyl (C=O) groups excluding carboxylic acids is 2. The van der Waals surface area contributed by atoms with Gasteiger partial charge in [0.05, 0.1) is 12.6 Å². The van der Waals surface area contributed by atoms with Crippen LogP contribution in [0.3, 0.4) is 0 Å². The Balaban J connectivity index is 1.26. The fourth-order valence-electron chi connectivity index (χ4n) is 4.76. The summed E-state index contributed by atoms with van der Waals surface area (Å²) in [5.41, 5.74) is 0.867. The van der Waals surface area contributed by atoms with Gasteiger partial charge in [0.15, 0.2) is 0 Å². The van der Waals surface area contributed by atoms with Crippen molar-refractivity contribution in [3.8, 4) is 0 Å². The Morgan fingerprint density at radius 3 is 2.41 bits per heavy atom. The number of amides is 2. The second-order valence-corrected chi connectivity index (χ2v) is 9.94. The number of carbonyl (C=O) groups is 2. The van der Waals surface area contributed by atoms with Crippen molar-refractivity contribution in [1.82, 2.24) is 15.5 Å². The van der Waals surface area contributed by atoms with Crippen LogP contribution in [0, 0.1) is 11.7 Å². The fourth-order valence-corrected chi connectivity index (χ4v) is 5.56. The lowest BCUT2D eigenvalue weighted by molar-refractivity contribution is -0.127. The van der Waals surface area contributed by atoms with Crippen molar-refractivity contribution in [2.45, 2.75) is 57.0 Å². The van der Waals surface area contributed by atoms with Gasteiger partial charge >= 0.3 is 0 Å². The van der Waals surface area contributed by atoms with Gasteiger partial charge in [0.2, 0.25) is 11.8 Å². The zero-order chi connectivity index (χ0) is 22.3. The monoisotopic (exact) mass is 457 g/mol. The molecule has 0 bridgehead atoms. The summed E-state index contributed by atoms with van der Waals surface area (Å²) in [4.78, 5) is 28.5. The van der Waals surface area contributed by atoms with Gasteiger partial charge in [0.25, 0.3) is 0 Å². The molecule has 1 unspecified atom stereocenters. The van der Waals surface area contributed by atoms with E-state index in [0.717, 1.165) is 62.1 Å². The van der Waals surface area contributed by atoms with E-state index in [2.05, 4.69) is 15.5 Å². The van der Waals surface area contributed by atoms with Gasteiger partial charge in [-0.3, -0.25) is 14.5 Å². The van der Waals surface area contributed by atoms with Gasteiger partial charge in [-0.25, -0.2) is 4.39 Å². The number of nitrogens with one attached hydrogen (secondary N) is 2. The standard InChI is InChI=1S/C25H32FN3O2S/c26-20-10-8-18(9-11-20)24(22-7-4-16-32-22)28-23(30)17-29-14-12-21(13-15-29)27-25(31)19-5-2-1-3-6-19/h4,7-11,16,19,21,24H,1-3,5-6,12-15,17H2,(H,27,31)(H,28,30). The smallest absolute Gasteiger partial charge is 0.234 e. The summed E-state index contributed by atoms with van der Waals surface area (Å²) >= 11 is 1.57. The molecule has 32 heavy (non-hydrogen) atoms. The van der Waals surface area contributed by atoms with Crippen LogP contribution in [-0.2, 0) is 9.59 Å². The highest BCUT2D eigenvalue weighted by molar-refractivity contribution is 7.10. The number of rotatable bonds is 7. The molecule has 172 valence electrons. The largest absolute Gasteiger partial charge is 0.353 e. The molecule has 1 aliphatic heterocycles. The first kappa shape index (κ1) is 22.9. The van der Waals surface area contributed by atoms with E-state index in [1.54, 1.807) is 23.5 Å². The van der Waals surface area contributed by atoms with Crippen LogP contribution in [0.15, 0.2) is 41.8 Å². The van der Waals surface area contributed by atoms with Gasteiger partial charge in [-0.1, -0.05) is 37.5 Å². The highest BCUT2D eigenvalue weighted by Crippen LogP contribution is 2.27. The summed E-state index contributed by atoms with van der Waals surface area (Å²) in [7, 11) is 0. The molecule has 2 N–H and O–H groups in total. The molecular weight excluding hydrogens is 425 g/mol. The Morgan fingerprint density at radius 2 is 1.75 bits per heavy atom. The summed E-state index contributed by atoms with van der Waals surface area (Å²) in [5.74, 6) is 0.0769. The molecule has 2 aliphatic rings. The molecule has 7 heteroatoms. The minimum atomic E-state index is -0.288. The molecular formula is C25H32FN3O2S. The van der Waals surface area contributed by atoms with E-state index >= 15 is 0 Å². The minimum Gasteiger partial charge on any atom is -0.353 e. The van der Waals surface area contributed by atoms with Crippen LogP contribution in [0.25, 0.3) is 0 Å². The molecule has 4 rings (SSSR count). The number of hydrogen-bond acceptors (Lipinski definition) is 4. The molecule has 0 radical (unpaired) electrons. The number of likely N-dealkylation sites (tertiary alicyclic amines) is 1. The maximum absolute atomic E-state index is 13.4. The van der Waals surface area contributed by atoms with Crippen LogP contribution >= 0.6 is 11.3 Å². The fraction of sp³-hybridized carbons (Fsp3) is 0.520. The third-order valence-electron chi connectivity index (χ3n) is 6.61. The average Bonchev–Trinajstić information content (AvgIpc) is 3.35. The van der Waals surface area contributed by atoms with Gasteiger partial charge in [0.1, 0.15) is 5.82 Å². The molecule has 1 aromatic carbocycles. The molecule has 1 saturated heterocycles. The first-order valence-electron chi connectivity index (χ1n) is 11.7. The van der Waals surface area contributed by atoms with Crippen molar-refractivity contribution in [1.29, 1.82) is 0 Å². The van der Waals surface area contributed by atoms with Crippen LogP contribution in [0.5, 0.6) is 0 Å². The normalized spacial score (nSPS) is 19.4. The Morgan fingerprint density at radius 1 is 1.03 bits per heavy atom. The van der Waals surface area contributed by atoms with Gasteiger partial charge in [-0.2, -0.15) is 0 Å². The molecule has 2 amide bonds. The highest BCUT2D eigenvalue weighted by atomic mass is 32.1. The first-order valence-corrected chi connectivity index (χ1v) is 12.6. The number of thiophene rings is 1. The van der Waals surface area contributed by atoms with Gasteiger partial charge in [-0.15, -0.1) is 11.3 Å². The van der Waals surface area contributed by atoms with E-state index < -0.39 is 0 Å². The van der Waals surface area contributed by atoms with E-state index in [4.69, 9.17) is 0 Å². The molecule has 2 aromatic rings. The van der Waals surface area contributed by atoms with Gasteiger partial charge < -0.3 is 10.6 Å². The lowest BCUT2D eigenvalue weighted by Crippen LogP contribution is -2.48.